The van der Waals surface area contributed by atoms with Crippen LogP contribution in [0.3, 0.4) is 0 Å². The van der Waals surface area contributed by atoms with Gasteiger partial charge in [0, 0.05) is 24.7 Å². The molecule has 0 aromatic heterocycles. The molecule has 2 amide bonds. The number of carbonyl (C=O) groups excluding carboxylic acids is 2. The second-order valence-electron chi connectivity index (χ2n) is 6.49. The molecule has 1 heterocycles. The summed E-state index contributed by atoms with van der Waals surface area (Å²) in [6.45, 7) is 1.50. The fraction of sp³-hybridized carbons (Fsp3) is 0.300. The van der Waals surface area contributed by atoms with Crippen LogP contribution in [-0.4, -0.2) is 38.2 Å². The summed E-state index contributed by atoms with van der Waals surface area (Å²) in [6, 6.07) is 6.23. The van der Waals surface area contributed by atoms with Gasteiger partial charge in [-0.05, 0) is 24.6 Å². The summed E-state index contributed by atoms with van der Waals surface area (Å²) in [6.07, 6.45) is 0. The number of halogens is 2. The number of hydrogen-bond donors (Lipinski definition) is 0. The molecular formula is C20H20F2N2O4. The van der Waals surface area contributed by atoms with Crippen molar-refractivity contribution in [1.82, 2.24) is 4.90 Å². The van der Waals surface area contributed by atoms with E-state index in [1.165, 1.54) is 30.1 Å². The van der Waals surface area contributed by atoms with Crippen LogP contribution in [0.1, 0.15) is 34.5 Å². The zero-order valence-electron chi connectivity index (χ0n) is 16.0. The average Bonchev–Trinajstić information content (AvgIpc) is 2.69. The Hall–Kier alpha value is -3.16. The second-order valence-corrected chi connectivity index (χ2v) is 6.49. The normalized spacial score (nSPS) is 16.1. The Morgan fingerprint density at radius 1 is 1.14 bits per heavy atom. The summed E-state index contributed by atoms with van der Waals surface area (Å²) in [4.78, 5) is 27.5. The SMILES string of the molecule is COC(=O)c1ccc2c(c1)N(Cc1c(F)cc(OC)cc1F)C(=O)N(C)[C@H]2C. The topological polar surface area (TPSA) is 59.1 Å². The lowest BCUT2D eigenvalue weighted by Gasteiger charge is -2.39. The van der Waals surface area contributed by atoms with E-state index in [1.807, 2.05) is 6.92 Å². The maximum atomic E-state index is 14.4. The highest BCUT2D eigenvalue weighted by Crippen LogP contribution is 2.38. The molecular weight excluding hydrogens is 370 g/mol. The maximum absolute atomic E-state index is 14.4. The quantitative estimate of drug-likeness (QED) is 0.743. The van der Waals surface area contributed by atoms with Crippen molar-refractivity contribution >= 4 is 17.7 Å². The first-order valence-electron chi connectivity index (χ1n) is 8.57. The number of urea groups is 1. The van der Waals surface area contributed by atoms with Crippen molar-refractivity contribution in [3.8, 4) is 5.75 Å². The van der Waals surface area contributed by atoms with Crippen molar-refractivity contribution in [1.29, 1.82) is 0 Å². The molecule has 148 valence electrons. The standard InChI is InChI=1S/C20H20F2N2O4/c1-11-14-6-5-12(19(25)28-4)7-18(14)24(20(26)23(11)2)10-15-16(21)8-13(27-3)9-17(15)22/h5-9,11H,10H2,1-4H3/t11-/m0/s1. The summed E-state index contributed by atoms with van der Waals surface area (Å²) >= 11 is 0. The first kappa shape index (κ1) is 19.6. The molecule has 1 aliphatic heterocycles. The summed E-state index contributed by atoms with van der Waals surface area (Å²) in [5, 5.41) is 0. The lowest BCUT2D eigenvalue weighted by molar-refractivity contribution is 0.0600. The number of methoxy groups -OCH3 is 2. The number of hydrogen-bond acceptors (Lipinski definition) is 4. The van der Waals surface area contributed by atoms with Crippen molar-refractivity contribution in [2.45, 2.75) is 19.5 Å². The minimum atomic E-state index is -0.823. The molecule has 6 nitrogen and oxygen atoms in total. The van der Waals surface area contributed by atoms with Crippen LogP contribution >= 0.6 is 0 Å². The fourth-order valence-corrected chi connectivity index (χ4v) is 3.20. The van der Waals surface area contributed by atoms with E-state index in [2.05, 4.69) is 0 Å². The Morgan fingerprint density at radius 3 is 2.36 bits per heavy atom. The number of anilines is 1. The van der Waals surface area contributed by atoms with Gasteiger partial charge in [-0.1, -0.05) is 6.07 Å². The van der Waals surface area contributed by atoms with Crippen molar-refractivity contribution in [3.05, 3.63) is 58.7 Å². The van der Waals surface area contributed by atoms with E-state index in [1.54, 1.807) is 19.2 Å². The third kappa shape index (κ3) is 3.26. The van der Waals surface area contributed by atoms with Crippen LogP contribution in [-0.2, 0) is 11.3 Å². The molecule has 0 fully saturated rings. The Kier molecular flexibility index (Phi) is 5.22. The van der Waals surface area contributed by atoms with Gasteiger partial charge in [0.05, 0.1) is 38.1 Å². The summed E-state index contributed by atoms with van der Waals surface area (Å²) in [5.74, 6) is -2.17. The van der Waals surface area contributed by atoms with Gasteiger partial charge in [-0.2, -0.15) is 0 Å². The van der Waals surface area contributed by atoms with Crippen LogP contribution in [0, 0.1) is 11.6 Å². The molecule has 2 aromatic rings. The number of fused-ring (bicyclic) bond motifs is 1. The van der Waals surface area contributed by atoms with Gasteiger partial charge in [0.15, 0.2) is 0 Å². The lowest BCUT2D eigenvalue weighted by Crippen LogP contribution is -2.46. The van der Waals surface area contributed by atoms with Gasteiger partial charge < -0.3 is 14.4 Å². The number of esters is 1. The van der Waals surface area contributed by atoms with Crippen LogP contribution in [0.15, 0.2) is 30.3 Å². The lowest BCUT2D eigenvalue weighted by atomic mass is 9.98. The maximum Gasteiger partial charge on any atom is 0.337 e. The molecule has 0 aliphatic carbocycles. The van der Waals surface area contributed by atoms with E-state index in [4.69, 9.17) is 9.47 Å². The molecule has 0 unspecified atom stereocenters. The van der Waals surface area contributed by atoms with E-state index in [0.717, 1.165) is 17.7 Å². The van der Waals surface area contributed by atoms with Gasteiger partial charge in [0.2, 0.25) is 0 Å². The fourth-order valence-electron chi connectivity index (χ4n) is 3.20. The Bertz CT molecular complexity index is 925. The third-order valence-corrected chi connectivity index (χ3v) is 4.97. The zero-order valence-corrected chi connectivity index (χ0v) is 16.0. The summed E-state index contributed by atoms with van der Waals surface area (Å²) in [7, 11) is 4.17. The number of carbonyl (C=O) groups is 2. The second kappa shape index (κ2) is 7.46. The molecule has 8 heteroatoms. The molecule has 1 atom stereocenters. The predicted molar refractivity (Wildman–Crippen MR) is 98.4 cm³/mol. The van der Waals surface area contributed by atoms with E-state index in [0.29, 0.717) is 5.69 Å². The van der Waals surface area contributed by atoms with Crippen molar-refractivity contribution in [3.63, 3.8) is 0 Å². The van der Waals surface area contributed by atoms with E-state index < -0.39 is 23.6 Å². The third-order valence-electron chi connectivity index (χ3n) is 4.97. The van der Waals surface area contributed by atoms with E-state index in [9.17, 15) is 18.4 Å². The van der Waals surface area contributed by atoms with Crippen molar-refractivity contribution in [2.75, 3.05) is 26.2 Å². The molecule has 0 spiro atoms. The molecule has 0 saturated heterocycles. The first-order valence-corrected chi connectivity index (χ1v) is 8.57. The van der Waals surface area contributed by atoms with Gasteiger partial charge >= 0.3 is 12.0 Å². The van der Waals surface area contributed by atoms with Gasteiger partial charge in [-0.25, -0.2) is 18.4 Å². The van der Waals surface area contributed by atoms with Crippen LogP contribution in [0.25, 0.3) is 0 Å². The number of ether oxygens (including phenoxy) is 2. The Morgan fingerprint density at radius 2 is 1.79 bits per heavy atom. The monoisotopic (exact) mass is 390 g/mol. The highest BCUT2D eigenvalue weighted by Gasteiger charge is 2.34. The van der Waals surface area contributed by atoms with Crippen LogP contribution in [0.4, 0.5) is 19.3 Å². The number of rotatable bonds is 4. The minimum Gasteiger partial charge on any atom is -0.497 e. The number of amides is 2. The molecule has 0 saturated carbocycles. The Balaban J connectivity index is 2.10. The molecule has 0 radical (unpaired) electrons. The first-order chi connectivity index (χ1) is 13.3. The highest BCUT2D eigenvalue weighted by atomic mass is 19.1. The smallest absolute Gasteiger partial charge is 0.337 e. The predicted octanol–water partition coefficient (Wildman–Crippen LogP) is 3.89. The molecule has 2 aromatic carbocycles. The molecule has 28 heavy (non-hydrogen) atoms. The van der Waals surface area contributed by atoms with E-state index >= 15 is 0 Å². The van der Waals surface area contributed by atoms with Gasteiger partial charge in [-0.3, -0.25) is 4.90 Å². The van der Waals surface area contributed by atoms with Crippen molar-refractivity contribution in [2.24, 2.45) is 0 Å². The number of nitrogens with zero attached hydrogens (tertiary/aromatic N) is 2. The molecule has 0 bridgehead atoms. The van der Waals surface area contributed by atoms with Crippen LogP contribution in [0.2, 0.25) is 0 Å². The minimum absolute atomic E-state index is 0.0443. The zero-order chi connectivity index (χ0) is 20.6. The molecule has 3 rings (SSSR count). The molecule has 1 aliphatic rings. The highest BCUT2D eigenvalue weighted by molar-refractivity contribution is 5.98. The summed E-state index contributed by atoms with van der Waals surface area (Å²) in [5.41, 5.74) is 1.13. The largest absolute Gasteiger partial charge is 0.497 e. The van der Waals surface area contributed by atoms with Crippen LogP contribution in [0.5, 0.6) is 5.75 Å². The van der Waals surface area contributed by atoms with Gasteiger partial charge in [0.1, 0.15) is 17.4 Å². The average molecular weight is 390 g/mol. The van der Waals surface area contributed by atoms with Crippen molar-refractivity contribution < 1.29 is 27.8 Å². The van der Waals surface area contributed by atoms with Gasteiger partial charge in [0.25, 0.3) is 0 Å². The molecule has 0 N–H and O–H groups in total. The number of benzene rings is 2. The van der Waals surface area contributed by atoms with Gasteiger partial charge in [-0.15, -0.1) is 0 Å². The van der Waals surface area contributed by atoms with E-state index in [-0.39, 0.29) is 29.5 Å². The summed E-state index contributed by atoms with van der Waals surface area (Å²) < 4.78 is 38.5. The van der Waals surface area contributed by atoms with Crippen LogP contribution < -0.4 is 9.64 Å². The Labute approximate surface area is 161 Å².